The number of halogens is 1. The molecule has 0 heterocycles. The molecule has 3 aromatic rings. The Morgan fingerprint density at radius 2 is 1.76 bits per heavy atom. The van der Waals surface area contributed by atoms with E-state index in [0.29, 0.717) is 0 Å². The van der Waals surface area contributed by atoms with Gasteiger partial charge >= 0.3 is 0 Å². The molecule has 1 aliphatic rings. The van der Waals surface area contributed by atoms with E-state index in [0.717, 1.165) is 18.2 Å². The minimum atomic E-state index is 0.771. The molecule has 0 bridgehead atoms. The lowest BCUT2D eigenvalue weighted by Gasteiger charge is -2.25. The summed E-state index contributed by atoms with van der Waals surface area (Å²) in [4.78, 5) is 0. The van der Waals surface area contributed by atoms with Gasteiger partial charge in [0.05, 0.1) is 0 Å². The van der Waals surface area contributed by atoms with E-state index in [1.165, 1.54) is 40.8 Å². The predicted octanol–water partition coefficient (Wildman–Crippen LogP) is 5.73. The Hall–Kier alpha value is -1.53. The molecule has 0 saturated heterocycles. The van der Waals surface area contributed by atoms with Gasteiger partial charge in [0.2, 0.25) is 0 Å². The highest BCUT2D eigenvalue weighted by atomic mass is 35.5. The summed E-state index contributed by atoms with van der Waals surface area (Å²) in [5, 5.41) is 5.57. The van der Waals surface area contributed by atoms with Crippen LogP contribution in [0.1, 0.15) is 24.0 Å². The Labute approximate surface area is 130 Å². The summed E-state index contributed by atoms with van der Waals surface area (Å²) < 4.78 is 0. The molecule has 0 saturated carbocycles. The van der Waals surface area contributed by atoms with Crippen LogP contribution in [0, 0.1) is 5.92 Å². The smallest absolute Gasteiger partial charge is 0.0226 e. The van der Waals surface area contributed by atoms with Gasteiger partial charge in [0, 0.05) is 5.88 Å². The van der Waals surface area contributed by atoms with Crippen LogP contribution in [0.15, 0.2) is 48.5 Å². The van der Waals surface area contributed by atoms with Gasteiger partial charge in [-0.05, 0) is 64.3 Å². The van der Waals surface area contributed by atoms with E-state index >= 15 is 0 Å². The number of rotatable bonds is 2. The molecule has 0 spiro atoms. The number of hydrogen-bond donors (Lipinski definition) is 0. The first kappa shape index (κ1) is 13.2. The van der Waals surface area contributed by atoms with Crippen molar-refractivity contribution in [2.24, 2.45) is 5.92 Å². The Morgan fingerprint density at radius 3 is 2.67 bits per heavy atom. The van der Waals surface area contributed by atoms with Crippen molar-refractivity contribution in [3.05, 3.63) is 59.7 Å². The summed E-state index contributed by atoms with van der Waals surface area (Å²) in [7, 11) is 0. The van der Waals surface area contributed by atoms with Crippen LogP contribution in [0.3, 0.4) is 0 Å². The standard InChI is InChI=1S/C20H19Cl/c21-12-11-14-5-8-18-16(13-14)7-10-19-17-4-2-1-3-15(17)6-9-20(18)19/h1-4,6-7,9-10,14H,5,8,11-13H2. The van der Waals surface area contributed by atoms with Crippen molar-refractivity contribution < 1.29 is 0 Å². The lowest BCUT2D eigenvalue weighted by Crippen LogP contribution is -2.15. The van der Waals surface area contributed by atoms with Crippen LogP contribution in [0.2, 0.25) is 0 Å². The SMILES string of the molecule is ClCCC1CCc2c(ccc3c2ccc2ccccc23)C1. The zero-order valence-electron chi connectivity index (χ0n) is 12.1. The maximum Gasteiger partial charge on any atom is 0.0226 e. The molecule has 1 unspecified atom stereocenters. The average Bonchev–Trinajstić information content (AvgIpc) is 2.54. The fourth-order valence-electron chi connectivity index (χ4n) is 3.84. The van der Waals surface area contributed by atoms with Gasteiger partial charge in [-0.25, -0.2) is 0 Å². The van der Waals surface area contributed by atoms with Crippen molar-refractivity contribution in [3.63, 3.8) is 0 Å². The molecule has 0 fully saturated rings. The third kappa shape index (κ3) is 2.22. The van der Waals surface area contributed by atoms with Crippen LogP contribution < -0.4 is 0 Å². The van der Waals surface area contributed by atoms with Gasteiger partial charge in [-0.1, -0.05) is 48.5 Å². The van der Waals surface area contributed by atoms with Gasteiger partial charge in [0.25, 0.3) is 0 Å². The van der Waals surface area contributed by atoms with Crippen molar-refractivity contribution in [2.75, 3.05) is 5.88 Å². The van der Waals surface area contributed by atoms with Crippen LogP contribution in [-0.2, 0) is 12.8 Å². The highest BCUT2D eigenvalue weighted by Gasteiger charge is 2.20. The molecule has 1 aliphatic carbocycles. The van der Waals surface area contributed by atoms with Gasteiger partial charge in [0.15, 0.2) is 0 Å². The van der Waals surface area contributed by atoms with E-state index in [-0.39, 0.29) is 0 Å². The summed E-state index contributed by atoms with van der Waals surface area (Å²) in [6.07, 6.45) is 4.83. The van der Waals surface area contributed by atoms with Gasteiger partial charge in [0.1, 0.15) is 0 Å². The van der Waals surface area contributed by atoms with E-state index in [4.69, 9.17) is 11.6 Å². The average molecular weight is 295 g/mol. The normalized spacial score (nSPS) is 18.0. The minimum absolute atomic E-state index is 0.771. The van der Waals surface area contributed by atoms with Crippen molar-refractivity contribution in [1.82, 2.24) is 0 Å². The first-order chi connectivity index (χ1) is 10.4. The summed E-state index contributed by atoms with van der Waals surface area (Å²) in [6.45, 7) is 0. The van der Waals surface area contributed by atoms with Crippen molar-refractivity contribution in [2.45, 2.75) is 25.7 Å². The number of aryl methyl sites for hydroxylation is 1. The Balaban J connectivity index is 1.89. The van der Waals surface area contributed by atoms with Gasteiger partial charge in [-0.2, -0.15) is 0 Å². The Bertz CT molecular complexity index is 803. The fourth-order valence-corrected chi connectivity index (χ4v) is 4.15. The Kier molecular flexibility index (Phi) is 3.35. The molecule has 21 heavy (non-hydrogen) atoms. The first-order valence-electron chi connectivity index (χ1n) is 7.85. The molecule has 1 atom stereocenters. The van der Waals surface area contributed by atoms with E-state index in [1.54, 1.807) is 11.1 Å². The molecule has 0 radical (unpaired) electrons. The van der Waals surface area contributed by atoms with E-state index in [2.05, 4.69) is 48.5 Å². The highest BCUT2D eigenvalue weighted by Crippen LogP contribution is 2.35. The highest BCUT2D eigenvalue weighted by molar-refractivity contribution is 6.17. The summed E-state index contributed by atoms with van der Waals surface area (Å²) in [5.74, 6) is 1.56. The summed E-state index contributed by atoms with van der Waals surface area (Å²) in [6, 6.07) is 17.9. The molecule has 1 heteroatoms. The van der Waals surface area contributed by atoms with E-state index in [1.807, 2.05) is 0 Å². The maximum absolute atomic E-state index is 5.92. The van der Waals surface area contributed by atoms with Crippen LogP contribution in [0.25, 0.3) is 21.5 Å². The van der Waals surface area contributed by atoms with E-state index < -0.39 is 0 Å². The van der Waals surface area contributed by atoms with Crippen LogP contribution in [0.5, 0.6) is 0 Å². The molecule has 0 aliphatic heterocycles. The molecule has 106 valence electrons. The van der Waals surface area contributed by atoms with Crippen LogP contribution in [0.4, 0.5) is 0 Å². The van der Waals surface area contributed by atoms with E-state index in [9.17, 15) is 0 Å². The monoisotopic (exact) mass is 294 g/mol. The van der Waals surface area contributed by atoms with Gasteiger partial charge in [-0.15, -0.1) is 11.6 Å². The zero-order valence-corrected chi connectivity index (χ0v) is 12.9. The molecular formula is C20H19Cl. The van der Waals surface area contributed by atoms with Crippen LogP contribution >= 0.6 is 11.6 Å². The number of hydrogen-bond acceptors (Lipinski definition) is 0. The Morgan fingerprint density at radius 1 is 0.905 bits per heavy atom. The molecule has 3 aromatic carbocycles. The lowest BCUT2D eigenvalue weighted by atomic mass is 9.80. The first-order valence-corrected chi connectivity index (χ1v) is 8.38. The second kappa shape index (κ2) is 5.35. The molecular weight excluding hydrogens is 276 g/mol. The fraction of sp³-hybridized carbons (Fsp3) is 0.300. The topological polar surface area (TPSA) is 0 Å². The third-order valence-electron chi connectivity index (χ3n) is 4.96. The number of fused-ring (bicyclic) bond motifs is 5. The van der Waals surface area contributed by atoms with Gasteiger partial charge in [-0.3, -0.25) is 0 Å². The lowest BCUT2D eigenvalue weighted by molar-refractivity contribution is 0.448. The third-order valence-corrected chi connectivity index (χ3v) is 5.18. The summed E-state index contributed by atoms with van der Waals surface area (Å²) >= 11 is 5.92. The minimum Gasteiger partial charge on any atom is -0.127 e. The molecule has 0 nitrogen and oxygen atoms in total. The summed E-state index contributed by atoms with van der Waals surface area (Å²) in [5.41, 5.74) is 3.11. The predicted molar refractivity (Wildman–Crippen MR) is 92.3 cm³/mol. The molecule has 4 rings (SSSR count). The second-order valence-electron chi connectivity index (χ2n) is 6.17. The van der Waals surface area contributed by atoms with Crippen molar-refractivity contribution in [3.8, 4) is 0 Å². The maximum atomic E-state index is 5.92. The van der Waals surface area contributed by atoms with Crippen molar-refractivity contribution >= 4 is 33.1 Å². The molecule has 0 N–H and O–H groups in total. The molecule has 0 amide bonds. The largest absolute Gasteiger partial charge is 0.127 e. The van der Waals surface area contributed by atoms with Crippen LogP contribution in [-0.4, -0.2) is 5.88 Å². The van der Waals surface area contributed by atoms with Crippen molar-refractivity contribution in [1.29, 1.82) is 0 Å². The molecule has 0 aromatic heterocycles. The quantitative estimate of drug-likeness (QED) is 0.418. The van der Waals surface area contributed by atoms with Gasteiger partial charge < -0.3 is 0 Å². The number of benzene rings is 3. The zero-order chi connectivity index (χ0) is 14.2. The number of alkyl halides is 1. The second-order valence-corrected chi connectivity index (χ2v) is 6.55.